The number of carbonyl (C=O) groups excluding carboxylic acids is 3. The Morgan fingerprint density at radius 3 is 2.69 bits per heavy atom. The molecule has 0 bridgehead atoms. The van der Waals surface area contributed by atoms with Gasteiger partial charge in [-0.3, -0.25) is 19.3 Å². The molecule has 1 heterocycles. The van der Waals surface area contributed by atoms with Gasteiger partial charge in [-0.25, -0.2) is 0 Å². The summed E-state index contributed by atoms with van der Waals surface area (Å²) in [4.78, 5) is 38.0. The van der Waals surface area contributed by atoms with E-state index in [0.717, 1.165) is 6.42 Å². The molecule has 1 aliphatic rings. The fourth-order valence-electron chi connectivity index (χ4n) is 2.67. The van der Waals surface area contributed by atoms with Crippen molar-refractivity contribution >= 4 is 23.5 Å². The molecular formula is C18H25N3O5. The molecule has 142 valence electrons. The van der Waals surface area contributed by atoms with Gasteiger partial charge in [0.1, 0.15) is 11.8 Å². The van der Waals surface area contributed by atoms with Crippen molar-refractivity contribution < 1.29 is 23.9 Å². The van der Waals surface area contributed by atoms with Gasteiger partial charge in [0.05, 0.1) is 26.7 Å². The van der Waals surface area contributed by atoms with Crippen LogP contribution in [0.4, 0.5) is 5.69 Å². The zero-order valence-electron chi connectivity index (χ0n) is 15.1. The van der Waals surface area contributed by atoms with Crippen LogP contribution in [0.25, 0.3) is 0 Å². The van der Waals surface area contributed by atoms with E-state index in [1.807, 2.05) is 6.92 Å². The molecule has 1 unspecified atom stereocenters. The topological polar surface area (TPSA) is 97.0 Å². The normalized spacial score (nSPS) is 17.3. The van der Waals surface area contributed by atoms with Crippen LogP contribution in [0.15, 0.2) is 24.3 Å². The molecule has 26 heavy (non-hydrogen) atoms. The summed E-state index contributed by atoms with van der Waals surface area (Å²) >= 11 is 0. The van der Waals surface area contributed by atoms with E-state index in [0.29, 0.717) is 31.1 Å². The van der Waals surface area contributed by atoms with Crippen molar-refractivity contribution in [2.45, 2.75) is 25.8 Å². The van der Waals surface area contributed by atoms with E-state index in [1.54, 1.807) is 36.3 Å². The Bertz CT molecular complexity index is 632. The summed E-state index contributed by atoms with van der Waals surface area (Å²) < 4.78 is 10.1. The first kappa shape index (κ1) is 19.7. The number of carbonyl (C=O) groups is 3. The summed E-state index contributed by atoms with van der Waals surface area (Å²) in [7, 11) is 1.57. The Morgan fingerprint density at radius 2 is 2.04 bits per heavy atom. The van der Waals surface area contributed by atoms with Crippen LogP contribution in [-0.4, -0.2) is 62.1 Å². The minimum Gasteiger partial charge on any atom is -0.497 e. The smallest absolute Gasteiger partial charge is 0.307 e. The molecule has 1 aromatic rings. The molecule has 2 amide bonds. The number of rotatable bonds is 8. The van der Waals surface area contributed by atoms with E-state index in [2.05, 4.69) is 10.6 Å². The Morgan fingerprint density at radius 1 is 1.31 bits per heavy atom. The summed E-state index contributed by atoms with van der Waals surface area (Å²) in [5.41, 5.74) is 0.635. The van der Waals surface area contributed by atoms with Crippen LogP contribution in [0.1, 0.15) is 19.8 Å². The number of nitrogens with one attached hydrogen (secondary N) is 2. The molecule has 1 aliphatic heterocycles. The minimum absolute atomic E-state index is 0.0190. The van der Waals surface area contributed by atoms with Gasteiger partial charge in [0.2, 0.25) is 11.8 Å². The number of amides is 2. The number of hydrogen-bond acceptors (Lipinski definition) is 6. The second-order valence-electron chi connectivity index (χ2n) is 5.98. The highest BCUT2D eigenvalue weighted by Gasteiger charge is 2.33. The maximum atomic E-state index is 12.3. The minimum atomic E-state index is -0.699. The van der Waals surface area contributed by atoms with E-state index < -0.39 is 12.0 Å². The molecule has 0 spiro atoms. The predicted molar refractivity (Wildman–Crippen MR) is 95.9 cm³/mol. The van der Waals surface area contributed by atoms with Crippen LogP contribution in [0.5, 0.6) is 5.75 Å². The fraction of sp³-hybridized carbons (Fsp3) is 0.500. The predicted octanol–water partition coefficient (Wildman–Crippen LogP) is 0.777. The number of piperazine rings is 1. The molecule has 0 aliphatic carbocycles. The SMILES string of the molecule is CCCOC(=O)CC1C(=O)NCCN1CC(=O)Nc1ccc(OC)cc1. The largest absolute Gasteiger partial charge is 0.497 e. The zero-order chi connectivity index (χ0) is 18.9. The molecule has 0 radical (unpaired) electrons. The molecule has 0 saturated carbocycles. The number of hydrogen-bond donors (Lipinski definition) is 2. The summed E-state index contributed by atoms with van der Waals surface area (Å²) in [5.74, 6) is -0.255. The van der Waals surface area contributed by atoms with E-state index in [1.165, 1.54) is 0 Å². The average Bonchev–Trinajstić information content (AvgIpc) is 2.63. The lowest BCUT2D eigenvalue weighted by molar-refractivity contribution is -0.148. The van der Waals surface area contributed by atoms with Crippen LogP contribution in [-0.2, 0) is 19.1 Å². The molecule has 2 rings (SSSR count). The molecule has 2 N–H and O–H groups in total. The Hall–Kier alpha value is -2.61. The number of ether oxygens (including phenoxy) is 2. The first-order valence-corrected chi connectivity index (χ1v) is 8.64. The van der Waals surface area contributed by atoms with Crippen molar-refractivity contribution in [2.24, 2.45) is 0 Å². The van der Waals surface area contributed by atoms with Crippen LogP contribution in [0, 0.1) is 0 Å². The molecule has 8 heteroatoms. The van der Waals surface area contributed by atoms with E-state index in [-0.39, 0.29) is 24.8 Å². The van der Waals surface area contributed by atoms with Crippen LogP contribution >= 0.6 is 0 Å². The van der Waals surface area contributed by atoms with Gasteiger partial charge >= 0.3 is 5.97 Å². The highest BCUT2D eigenvalue weighted by atomic mass is 16.5. The first-order valence-electron chi connectivity index (χ1n) is 8.64. The molecule has 1 aromatic carbocycles. The number of methoxy groups -OCH3 is 1. The highest BCUT2D eigenvalue weighted by Crippen LogP contribution is 2.15. The maximum Gasteiger partial charge on any atom is 0.307 e. The quantitative estimate of drug-likeness (QED) is 0.663. The van der Waals surface area contributed by atoms with E-state index in [4.69, 9.17) is 9.47 Å². The monoisotopic (exact) mass is 363 g/mol. The van der Waals surface area contributed by atoms with Gasteiger partial charge in [-0.2, -0.15) is 0 Å². The maximum absolute atomic E-state index is 12.3. The van der Waals surface area contributed by atoms with Crippen molar-refractivity contribution in [3.63, 3.8) is 0 Å². The van der Waals surface area contributed by atoms with Crippen molar-refractivity contribution in [1.82, 2.24) is 10.2 Å². The third-order valence-electron chi connectivity index (χ3n) is 3.99. The van der Waals surface area contributed by atoms with Gasteiger partial charge in [0.15, 0.2) is 0 Å². The molecule has 1 atom stereocenters. The van der Waals surface area contributed by atoms with Crippen molar-refractivity contribution in [3.05, 3.63) is 24.3 Å². The lowest BCUT2D eigenvalue weighted by Crippen LogP contribution is -2.57. The summed E-state index contributed by atoms with van der Waals surface area (Å²) in [6.07, 6.45) is 0.651. The second kappa shape index (κ2) is 9.76. The number of benzene rings is 1. The lowest BCUT2D eigenvalue weighted by atomic mass is 10.1. The van der Waals surface area contributed by atoms with Gasteiger partial charge in [-0.15, -0.1) is 0 Å². The number of esters is 1. The van der Waals surface area contributed by atoms with Crippen LogP contribution in [0.3, 0.4) is 0 Å². The fourth-order valence-corrected chi connectivity index (χ4v) is 2.67. The van der Waals surface area contributed by atoms with Crippen molar-refractivity contribution in [2.75, 3.05) is 38.7 Å². The van der Waals surface area contributed by atoms with Gasteiger partial charge < -0.3 is 20.1 Å². The highest BCUT2D eigenvalue weighted by molar-refractivity contribution is 5.93. The summed E-state index contributed by atoms with van der Waals surface area (Å²) in [6, 6.07) is 6.26. The van der Waals surface area contributed by atoms with Crippen LogP contribution < -0.4 is 15.4 Å². The Balaban J connectivity index is 1.93. The molecular weight excluding hydrogens is 338 g/mol. The molecule has 1 fully saturated rings. The summed E-state index contributed by atoms with van der Waals surface area (Å²) in [5, 5.41) is 5.50. The van der Waals surface area contributed by atoms with Gasteiger partial charge in [-0.1, -0.05) is 6.92 Å². The molecule has 1 saturated heterocycles. The third-order valence-corrected chi connectivity index (χ3v) is 3.99. The summed E-state index contributed by atoms with van der Waals surface area (Å²) in [6.45, 7) is 3.18. The third kappa shape index (κ3) is 5.73. The standard InChI is InChI=1S/C18H25N3O5/c1-3-10-26-17(23)11-15-18(24)19-8-9-21(15)12-16(22)20-13-4-6-14(25-2)7-5-13/h4-7,15H,3,8-12H2,1-2H3,(H,19,24)(H,20,22). The van der Waals surface area contributed by atoms with Gasteiger partial charge in [-0.05, 0) is 30.7 Å². The molecule has 0 aromatic heterocycles. The Kier molecular flexibility index (Phi) is 7.40. The number of nitrogens with zero attached hydrogens (tertiary/aromatic N) is 1. The Labute approximate surface area is 152 Å². The van der Waals surface area contributed by atoms with Crippen molar-refractivity contribution in [1.29, 1.82) is 0 Å². The van der Waals surface area contributed by atoms with Gasteiger partial charge in [0, 0.05) is 18.8 Å². The number of anilines is 1. The van der Waals surface area contributed by atoms with Gasteiger partial charge in [0.25, 0.3) is 0 Å². The van der Waals surface area contributed by atoms with Crippen LogP contribution in [0.2, 0.25) is 0 Å². The molecule has 8 nitrogen and oxygen atoms in total. The van der Waals surface area contributed by atoms with Crippen molar-refractivity contribution in [3.8, 4) is 5.75 Å². The van der Waals surface area contributed by atoms with E-state index >= 15 is 0 Å². The second-order valence-corrected chi connectivity index (χ2v) is 5.98. The lowest BCUT2D eigenvalue weighted by Gasteiger charge is -2.33. The van der Waals surface area contributed by atoms with E-state index in [9.17, 15) is 14.4 Å². The zero-order valence-corrected chi connectivity index (χ0v) is 15.1. The first-order chi connectivity index (χ1) is 12.5. The average molecular weight is 363 g/mol.